The number of nitrogens with zero attached hydrogens (tertiary/aromatic N) is 2. The van der Waals surface area contributed by atoms with Gasteiger partial charge in [0.05, 0.1) is 30.5 Å². The summed E-state index contributed by atoms with van der Waals surface area (Å²) < 4.78 is 54.0. The Morgan fingerprint density at radius 2 is 1.96 bits per heavy atom. The van der Waals surface area contributed by atoms with Crippen LogP contribution in [-0.4, -0.2) is 22.7 Å². The highest BCUT2D eigenvalue weighted by atomic mass is 19.4. The standard InChI is InChI=1S/C18H17F4N3O/c19-16(9-23-11-26)15-3-1-2-13-8-24-25(17(13)15)10-12-4-6-14(7-5-12)18(20,21)22/h4-8,11H,1-3,9-10H2,(H,23,26)/b16-15-. The molecule has 0 atom stereocenters. The van der Waals surface area contributed by atoms with Gasteiger partial charge in [-0.05, 0) is 42.5 Å². The molecule has 1 aliphatic carbocycles. The highest BCUT2D eigenvalue weighted by Crippen LogP contribution is 2.34. The minimum atomic E-state index is -4.38. The van der Waals surface area contributed by atoms with Crippen LogP contribution in [0, 0.1) is 0 Å². The summed E-state index contributed by atoms with van der Waals surface area (Å²) in [6.07, 6.45) is -0.211. The van der Waals surface area contributed by atoms with Gasteiger partial charge < -0.3 is 5.32 Å². The number of aryl methyl sites for hydroxylation is 1. The number of hydrogen-bond acceptors (Lipinski definition) is 2. The van der Waals surface area contributed by atoms with Gasteiger partial charge in [-0.25, -0.2) is 4.39 Å². The van der Waals surface area contributed by atoms with Crippen molar-refractivity contribution in [3.63, 3.8) is 0 Å². The number of fused-ring (bicyclic) bond motifs is 1. The average molecular weight is 367 g/mol. The van der Waals surface area contributed by atoms with Crippen molar-refractivity contribution in [2.24, 2.45) is 0 Å². The summed E-state index contributed by atoms with van der Waals surface area (Å²) in [4.78, 5) is 10.4. The van der Waals surface area contributed by atoms with E-state index >= 15 is 0 Å². The lowest BCUT2D eigenvalue weighted by Gasteiger charge is -2.19. The molecule has 0 bridgehead atoms. The number of nitrogens with one attached hydrogen (secondary N) is 1. The number of amides is 1. The van der Waals surface area contributed by atoms with E-state index in [2.05, 4.69) is 10.4 Å². The van der Waals surface area contributed by atoms with Crippen LogP contribution in [0.2, 0.25) is 0 Å². The molecular weight excluding hydrogens is 350 g/mol. The SMILES string of the molecule is O=CNC/C(F)=C1\CCCc2cnn(Cc3ccc(C(F)(F)F)cc3)c21. The number of allylic oxidation sites excluding steroid dienone is 1. The molecular formula is C18H17F4N3O. The molecule has 0 spiro atoms. The third kappa shape index (κ3) is 3.79. The van der Waals surface area contributed by atoms with Crippen LogP contribution in [0.4, 0.5) is 17.6 Å². The number of carbonyl (C=O) groups excluding carboxylic acids is 1. The van der Waals surface area contributed by atoms with Crippen LogP contribution in [0.15, 0.2) is 36.3 Å². The molecule has 0 saturated heterocycles. The molecule has 1 aromatic heterocycles. The van der Waals surface area contributed by atoms with E-state index in [9.17, 15) is 22.4 Å². The number of rotatable bonds is 5. The van der Waals surface area contributed by atoms with Crippen LogP contribution in [0.25, 0.3) is 5.57 Å². The van der Waals surface area contributed by atoms with Crippen molar-refractivity contribution < 1.29 is 22.4 Å². The van der Waals surface area contributed by atoms with Gasteiger partial charge in [0.2, 0.25) is 6.41 Å². The van der Waals surface area contributed by atoms with Gasteiger partial charge >= 0.3 is 6.18 Å². The predicted molar refractivity (Wildman–Crippen MR) is 87.8 cm³/mol. The van der Waals surface area contributed by atoms with Crippen LogP contribution >= 0.6 is 0 Å². The Hall–Kier alpha value is -2.64. The third-order valence-electron chi connectivity index (χ3n) is 4.36. The highest BCUT2D eigenvalue weighted by Gasteiger charge is 2.30. The molecule has 1 amide bonds. The van der Waals surface area contributed by atoms with Crippen molar-refractivity contribution in [2.75, 3.05) is 6.54 Å². The van der Waals surface area contributed by atoms with Crippen molar-refractivity contribution in [3.05, 3.63) is 58.7 Å². The zero-order valence-electron chi connectivity index (χ0n) is 13.8. The van der Waals surface area contributed by atoms with E-state index in [-0.39, 0.29) is 13.1 Å². The second-order valence-corrected chi connectivity index (χ2v) is 6.11. The van der Waals surface area contributed by atoms with E-state index in [4.69, 9.17) is 0 Å². The molecule has 8 heteroatoms. The Balaban J connectivity index is 1.89. The molecule has 0 radical (unpaired) electrons. The lowest BCUT2D eigenvalue weighted by Crippen LogP contribution is -2.16. The molecule has 0 aliphatic heterocycles. The molecule has 2 aromatic rings. The number of halogens is 4. The summed E-state index contributed by atoms with van der Waals surface area (Å²) in [7, 11) is 0. The molecule has 138 valence electrons. The van der Waals surface area contributed by atoms with Gasteiger partial charge in [0.15, 0.2) is 0 Å². The summed E-state index contributed by atoms with van der Waals surface area (Å²) in [5, 5.41) is 6.59. The summed E-state index contributed by atoms with van der Waals surface area (Å²) in [5.74, 6) is -0.424. The van der Waals surface area contributed by atoms with Crippen LogP contribution in [0.5, 0.6) is 0 Å². The van der Waals surface area contributed by atoms with Crippen molar-refractivity contribution in [2.45, 2.75) is 32.0 Å². The quantitative estimate of drug-likeness (QED) is 0.647. The minimum Gasteiger partial charge on any atom is -0.352 e. The van der Waals surface area contributed by atoms with Crippen LogP contribution < -0.4 is 5.32 Å². The maximum absolute atomic E-state index is 14.4. The van der Waals surface area contributed by atoms with Crippen molar-refractivity contribution in [3.8, 4) is 0 Å². The maximum atomic E-state index is 14.4. The topological polar surface area (TPSA) is 46.9 Å². The first-order valence-electron chi connectivity index (χ1n) is 8.16. The molecule has 1 N–H and O–H groups in total. The van der Waals surface area contributed by atoms with E-state index in [0.717, 1.165) is 30.5 Å². The number of hydrogen-bond donors (Lipinski definition) is 1. The van der Waals surface area contributed by atoms with Crippen LogP contribution in [0.3, 0.4) is 0 Å². The molecule has 26 heavy (non-hydrogen) atoms. The molecule has 0 fully saturated rings. The number of benzene rings is 1. The van der Waals surface area contributed by atoms with Gasteiger partial charge in [0.1, 0.15) is 5.83 Å². The molecule has 3 rings (SSSR count). The normalized spacial score (nSPS) is 16.2. The van der Waals surface area contributed by atoms with Crippen molar-refractivity contribution >= 4 is 12.0 Å². The van der Waals surface area contributed by atoms with E-state index in [1.54, 1.807) is 10.9 Å². The Morgan fingerprint density at radius 1 is 1.23 bits per heavy atom. The monoisotopic (exact) mass is 367 g/mol. The fourth-order valence-electron chi connectivity index (χ4n) is 3.12. The first-order chi connectivity index (χ1) is 12.4. The fourth-order valence-corrected chi connectivity index (χ4v) is 3.12. The Bertz CT molecular complexity index is 822. The molecule has 1 aliphatic rings. The van der Waals surface area contributed by atoms with Gasteiger partial charge in [-0.15, -0.1) is 0 Å². The van der Waals surface area contributed by atoms with E-state index in [1.165, 1.54) is 12.1 Å². The molecule has 1 heterocycles. The Kier molecular flexibility index (Phi) is 5.11. The largest absolute Gasteiger partial charge is 0.416 e. The van der Waals surface area contributed by atoms with E-state index in [0.29, 0.717) is 29.7 Å². The molecule has 1 aromatic carbocycles. The second-order valence-electron chi connectivity index (χ2n) is 6.11. The number of aromatic nitrogens is 2. The van der Waals surface area contributed by atoms with Crippen molar-refractivity contribution in [1.82, 2.24) is 15.1 Å². The zero-order valence-corrected chi connectivity index (χ0v) is 13.8. The first kappa shape index (κ1) is 18.2. The summed E-state index contributed by atoms with van der Waals surface area (Å²) in [6.45, 7) is 0.0507. The zero-order chi connectivity index (χ0) is 18.7. The Labute approximate surface area is 147 Å². The molecule has 4 nitrogen and oxygen atoms in total. The van der Waals surface area contributed by atoms with E-state index < -0.39 is 17.6 Å². The fraction of sp³-hybridized carbons (Fsp3) is 0.333. The third-order valence-corrected chi connectivity index (χ3v) is 4.36. The highest BCUT2D eigenvalue weighted by molar-refractivity contribution is 5.69. The van der Waals surface area contributed by atoms with Gasteiger partial charge in [-0.3, -0.25) is 9.48 Å². The van der Waals surface area contributed by atoms with Crippen LogP contribution in [0.1, 0.15) is 35.2 Å². The number of carbonyl (C=O) groups is 1. The molecule has 0 saturated carbocycles. The molecule has 0 unspecified atom stereocenters. The van der Waals surface area contributed by atoms with Gasteiger partial charge in [0, 0.05) is 5.57 Å². The van der Waals surface area contributed by atoms with Crippen LogP contribution in [-0.2, 0) is 23.9 Å². The Morgan fingerprint density at radius 3 is 2.62 bits per heavy atom. The lowest BCUT2D eigenvalue weighted by molar-refractivity contribution is -0.137. The summed E-state index contributed by atoms with van der Waals surface area (Å²) in [6, 6.07) is 4.84. The summed E-state index contributed by atoms with van der Waals surface area (Å²) in [5.41, 5.74) is 1.97. The lowest BCUT2D eigenvalue weighted by atomic mass is 9.92. The smallest absolute Gasteiger partial charge is 0.352 e. The minimum absolute atomic E-state index is 0.191. The van der Waals surface area contributed by atoms with Gasteiger partial charge in [-0.1, -0.05) is 12.1 Å². The summed E-state index contributed by atoms with van der Waals surface area (Å²) >= 11 is 0. The number of alkyl halides is 3. The van der Waals surface area contributed by atoms with Gasteiger partial charge in [-0.2, -0.15) is 18.3 Å². The van der Waals surface area contributed by atoms with Crippen molar-refractivity contribution in [1.29, 1.82) is 0 Å². The van der Waals surface area contributed by atoms with Gasteiger partial charge in [0.25, 0.3) is 0 Å². The maximum Gasteiger partial charge on any atom is 0.416 e. The second kappa shape index (κ2) is 7.31. The van der Waals surface area contributed by atoms with E-state index in [1.807, 2.05) is 0 Å². The predicted octanol–water partition coefficient (Wildman–Crippen LogP) is 3.71. The average Bonchev–Trinajstić information content (AvgIpc) is 3.02. The first-order valence-corrected chi connectivity index (χ1v) is 8.16.